The fraction of sp³-hybridized carbons (Fsp3) is 0.524. The molecule has 2 saturated heterocycles. The van der Waals surface area contributed by atoms with Crippen molar-refractivity contribution in [3.63, 3.8) is 0 Å². The lowest BCUT2D eigenvalue weighted by Crippen LogP contribution is -2.40. The maximum Gasteiger partial charge on any atom is 0.276 e. The number of carbonyl (C=O) groups is 2. The van der Waals surface area contributed by atoms with E-state index in [-0.39, 0.29) is 23.2 Å². The quantitative estimate of drug-likeness (QED) is 0.535. The van der Waals surface area contributed by atoms with Gasteiger partial charge in [0.15, 0.2) is 5.69 Å². The highest BCUT2D eigenvalue weighted by Crippen LogP contribution is 2.25. The number of amides is 2. The summed E-state index contributed by atoms with van der Waals surface area (Å²) >= 11 is 0. The molecule has 0 radical (unpaired) electrons. The molecule has 0 saturated carbocycles. The van der Waals surface area contributed by atoms with Crippen molar-refractivity contribution in [3.05, 3.63) is 45.8 Å². The first kappa shape index (κ1) is 21.0. The predicted molar refractivity (Wildman–Crippen MR) is 112 cm³/mol. The molecule has 2 fully saturated rings. The Hall–Kier alpha value is -3.30. The van der Waals surface area contributed by atoms with Gasteiger partial charge in [0.25, 0.3) is 11.6 Å². The third-order valence-electron chi connectivity index (χ3n) is 6.21. The highest BCUT2D eigenvalue weighted by atomic mass is 16.6. The minimum absolute atomic E-state index is 0.0502. The lowest BCUT2D eigenvalue weighted by atomic mass is 9.93. The zero-order chi connectivity index (χ0) is 22.0. The molecule has 164 valence electrons. The van der Waals surface area contributed by atoms with Crippen molar-refractivity contribution in [2.24, 2.45) is 5.92 Å². The smallest absolute Gasteiger partial charge is 0.276 e. The topological polar surface area (TPSA) is 114 Å². The molecule has 2 amide bonds. The summed E-state index contributed by atoms with van der Waals surface area (Å²) in [5.41, 5.74) is 1.22. The van der Waals surface area contributed by atoms with Crippen LogP contribution in [0.2, 0.25) is 0 Å². The second-order valence-corrected chi connectivity index (χ2v) is 8.24. The van der Waals surface area contributed by atoms with Gasteiger partial charge in [-0.15, -0.1) is 5.10 Å². The molecule has 2 aromatic rings. The number of hydrogen-bond donors (Lipinski definition) is 0. The maximum absolute atomic E-state index is 13.0. The monoisotopic (exact) mass is 426 g/mol. The minimum Gasteiger partial charge on any atom is -0.343 e. The van der Waals surface area contributed by atoms with Gasteiger partial charge in [0.2, 0.25) is 5.91 Å². The number of rotatable bonds is 5. The molecule has 10 nitrogen and oxygen atoms in total. The molecule has 0 spiro atoms. The molecule has 1 aromatic heterocycles. The Morgan fingerprint density at radius 1 is 1.13 bits per heavy atom. The Morgan fingerprint density at radius 2 is 1.84 bits per heavy atom. The average Bonchev–Trinajstić information content (AvgIpc) is 3.44. The number of aromatic nitrogens is 3. The van der Waals surface area contributed by atoms with Gasteiger partial charge in [-0.3, -0.25) is 19.7 Å². The molecule has 1 aromatic carbocycles. The Bertz CT molecular complexity index is 990. The van der Waals surface area contributed by atoms with E-state index in [1.807, 2.05) is 4.90 Å². The predicted octanol–water partition coefficient (Wildman–Crippen LogP) is 2.35. The molecular weight excluding hydrogens is 400 g/mol. The summed E-state index contributed by atoms with van der Waals surface area (Å²) in [5, 5.41) is 19.1. The van der Waals surface area contributed by atoms with Crippen LogP contribution >= 0.6 is 0 Å². The molecule has 2 aliphatic rings. The zero-order valence-corrected chi connectivity index (χ0v) is 17.6. The van der Waals surface area contributed by atoms with Crippen LogP contribution in [0, 0.1) is 23.0 Å². The average molecular weight is 426 g/mol. The molecule has 0 unspecified atom stereocenters. The van der Waals surface area contributed by atoms with Crippen LogP contribution in [0.25, 0.3) is 5.69 Å². The van der Waals surface area contributed by atoms with Crippen molar-refractivity contribution < 1.29 is 14.5 Å². The van der Waals surface area contributed by atoms with Gasteiger partial charge < -0.3 is 9.80 Å². The van der Waals surface area contributed by atoms with Crippen molar-refractivity contribution in [1.29, 1.82) is 0 Å². The molecule has 2 aliphatic heterocycles. The molecule has 4 rings (SSSR count). The van der Waals surface area contributed by atoms with Crippen LogP contribution in [-0.2, 0) is 4.79 Å². The largest absolute Gasteiger partial charge is 0.343 e. The molecule has 0 aliphatic carbocycles. The third-order valence-corrected chi connectivity index (χ3v) is 6.21. The van der Waals surface area contributed by atoms with Crippen LogP contribution in [0.15, 0.2) is 24.3 Å². The van der Waals surface area contributed by atoms with Gasteiger partial charge in [-0.1, -0.05) is 11.3 Å². The van der Waals surface area contributed by atoms with E-state index in [0.29, 0.717) is 36.8 Å². The van der Waals surface area contributed by atoms with Crippen LogP contribution in [0.4, 0.5) is 5.69 Å². The zero-order valence-electron chi connectivity index (χ0n) is 17.6. The number of likely N-dealkylation sites (tertiary alicyclic amines) is 2. The first-order chi connectivity index (χ1) is 14.9. The Morgan fingerprint density at radius 3 is 2.52 bits per heavy atom. The second-order valence-electron chi connectivity index (χ2n) is 8.24. The number of non-ortho nitro benzene ring substituents is 1. The maximum atomic E-state index is 13.0. The van der Waals surface area contributed by atoms with Crippen LogP contribution in [0.3, 0.4) is 0 Å². The van der Waals surface area contributed by atoms with Gasteiger partial charge in [-0.05, 0) is 44.6 Å². The van der Waals surface area contributed by atoms with Gasteiger partial charge in [-0.2, -0.15) is 0 Å². The lowest BCUT2D eigenvalue weighted by molar-refractivity contribution is -0.384. The summed E-state index contributed by atoms with van der Waals surface area (Å²) in [5.74, 6) is 0.343. The summed E-state index contributed by atoms with van der Waals surface area (Å²) in [6, 6.07) is 6.06. The van der Waals surface area contributed by atoms with Crippen LogP contribution in [-0.4, -0.2) is 67.7 Å². The number of nitro groups is 1. The summed E-state index contributed by atoms with van der Waals surface area (Å²) in [7, 11) is 0. The number of carbonyl (C=O) groups excluding carboxylic acids is 2. The Kier molecular flexibility index (Phi) is 5.97. The van der Waals surface area contributed by atoms with E-state index in [1.54, 1.807) is 24.0 Å². The highest BCUT2D eigenvalue weighted by Gasteiger charge is 2.29. The van der Waals surface area contributed by atoms with Gasteiger partial charge in [0.05, 0.1) is 16.3 Å². The van der Waals surface area contributed by atoms with Crippen molar-refractivity contribution >= 4 is 17.5 Å². The first-order valence-corrected chi connectivity index (χ1v) is 10.7. The van der Waals surface area contributed by atoms with Crippen molar-refractivity contribution in [2.45, 2.75) is 39.0 Å². The molecule has 0 N–H and O–H groups in total. The van der Waals surface area contributed by atoms with E-state index in [2.05, 4.69) is 10.3 Å². The first-order valence-electron chi connectivity index (χ1n) is 10.7. The van der Waals surface area contributed by atoms with Gasteiger partial charge in [-0.25, -0.2) is 4.68 Å². The van der Waals surface area contributed by atoms with E-state index < -0.39 is 4.92 Å². The van der Waals surface area contributed by atoms with E-state index in [1.165, 1.54) is 16.8 Å². The highest BCUT2D eigenvalue weighted by molar-refractivity contribution is 5.93. The standard InChI is InChI=1S/C21H26N6O4/c1-15-20(22-23-26(15)17-5-4-6-18(14-17)27(30)31)21(29)25-11-7-16(8-12-25)13-19(28)24-9-2-3-10-24/h4-6,14,16H,2-3,7-13H2,1H3. The summed E-state index contributed by atoms with van der Waals surface area (Å²) in [4.78, 5) is 39.7. The second kappa shape index (κ2) is 8.83. The fourth-order valence-corrected chi connectivity index (χ4v) is 4.34. The molecule has 3 heterocycles. The normalized spacial score (nSPS) is 17.2. The molecule has 0 bridgehead atoms. The van der Waals surface area contributed by atoms with Crippen molar-refractivity contribution in [1.82, 2.24) is 24.8 Å². The molecule has 31 heavy (non-hydrogen) atoms. The number of nitrogens with zero attached hydrogens (tertiary/aromatic N) is 6. The minimum atomic E-state index is -0.472. The van der Waals surface area contributed by atoms with E-state index in [4.69, 9.17) is 0 Å². The molecular formula is C21H26N6O4. The van der Waals surface area contributed by atoms with E-state index >= 15 is 0 Å². The van der Waals surface area contributed by atoms with E-state index in [0.717, 1.165) is 38.8 Å². The van der Waals surface area contributed by atoms with Gasteiger partial charge in [0, 0.05) is 44.7 Å². The van der Waals surface area contributed by atoms with Crippen LogP contribution in [0.5, 0.6) is 0 Å². The third kappa shape index (κ3) is 4.42. The number of nitro benzene ring substituents is 1. The number of benzene rings is 1. The molecule has 10 heteroatoms. The lowest BCUT2D eigenvalue weighted by Gasteiger charge is -2.32. The van der Waals surface area contributed by atoms with Crippen molar-refractivity contribution in [2.75, 3.05) is 26.2 Å². The summed E-state index contributed by atoms with van der Waals surface area (Å²) in [6.07, 6.45) is 4.33. The SMILES string of the molecule is Cc1c(C(=O)N2CCC(CC(=O)N3CCCC3)CC2)nnn1-c1cccc([N+](=O)[O-])c1. The number of hydrogen-bond acceptors (Lipinski definition) is 6. The fourth-order valence-electron chi connectivity index (χ4n) is 4.34. The Labute approximate surface area is 180 Å². The number of piperidine rings is 1. The van der Waals surface area contributed by atoms with Crippen LogP contribution in [0.1, 0.15) is 48.3 Å². The molecule has 0 atom stereocenters. The van der Waals surface area contributed by atoms with Crippen molar-refractivity contribution in [3.8, 4) is 5.69 Å². The van der Waals surface area contributed by atoms with Gasteiger partial charge >= 0.3 is 0 Å². The van der Waals surface area contributed by atoms with E-state index in [9.17, 15) is 19.7 Å². The Balaban J connectivity index is 1.39. The van der Waals surface area contributed by atoms with Gasteiger partial charge in [0.1, 0.15) is 0 Å². The summed E-state index contributed by atoms with van der Waals surface area (Å²) < 4.78 is 1.45. The van der Waals surface area contributed by atoms with Crippen LogP contribution < -0.4 is 0 Å². The summed E-state index contributed by atoms with van der Waals surface area (Å²) in [6.45, 7) is 4.64.